The minimum Gasteiger partial charge on any atom is -0.311 e. The lowest BCUT2D eigenvalue weighted by molar-refractivity contribution is -0.120. The molecule has 4 rings (SSSR count). The second kappa shape index (κ2) is 14.9. The summed E-state index contributed by atoms with van der Waals surface area (Å²) in [5.41, 5.74) is 1.51. The van der Waals surface area contributed by atoms with Gasteiger partial charge in [-0.05, 0) is 75.0 Å². The molecule has 1 aromatic heterocycles. The van der Waals surface area contributed by atoms with Crippen molar-refractivity contribution in [2.75, 3.05) is 32.0 Å². The molecule has 1 heterocycles. The lowest BCUT2D eigenvalue weighted by Crippen LogP contribution is -2.40. The van der Waals surface area contributed by atoms with Crippen LogP contribution < -0.4 is 10.6 Å². The second-order valence-corrected chi connectivity index (χ2v) is 11.8. The number of carbonyl (C=O) groups excluding carboxylic acids is 1. The first kappa shape index (κ1) is 33.3. The highest BCUT2D eigenvalue weighted by atomic mass is 19.2. The molecule has 0 aliphatic heterocycles. The number of imidazole rings is 1. The second-order valence-electron chi connectivity index (χ2n) is 11.8. The highest BCUT2D eigenvalue weighted by molar-refractivity contribution is 6.00. The van der Waals surface area contributed by atoms with Crippen molar-refractivity contribution in [1.82, 2.24) is 19.8 Å². The van der Waals surface area contributed by atoms with Crippen LogP contribution in [0.1, 0.15) is 69.6 Å². The van der Waals surface area contributed by atoms with Gasteiger partial charge in [-0.15, -0.1) is 0 Å². The van der Waals surface area contributed by atoms with Gasteiger partial charge >= 0.3 is 0 Å². The maximum absolute atomic E-state index is 14.5. The van der Waals surface area contributed by atoms with Crippen LogP contribution in [0.5, 0.6) is 0 Å². The predicted molar refractivity (Wildman–Crippen MR) is 165 cm³/mol. The van der Waals surface area contributed by atoms with Crippen LogP contribution in [0.3, 0.4) is 0 Å². The number of aromatic nitrogens is 2. The van der Waals surface area contributed by atoms with Crippen molar-refractivity contribution in [2.24, 2.45) is 4.99 Å². The molecular formula is C33H42F4N6O. The van der Waals surface area contributed by atoms with E-state index in [1.165, 1.54) is 18.5 Å². The fourth-order valence-electron chi connectivity index (χ4n) is 5.56. The van der Waals surface area contributed by atoms with E-state index in [-0.39, 0.29) is 18.1 Å². The summed E-state index contributed by atoms with van der Waals surface area (Å²) in [4.78, 5) is 24.9. The number of hydrogen-bond acceptors (Lipinski definition) is 5. The van der Waals surface area contributed by atoms with Crippen LogP contribution in [0, 0.1) is 23.3 Å². The molecule has 0 fully saturated rings. The van der Waals surface area contributed by atoms with E-state index in [2.05, 4.69) is 34.5 Å². The smallest absolute Gasteiger partial charge is 0.253 e. The number of unbranched alkanes of at least 4 members (excludes halogenated alkanes) is 1. The van der Waals surface area contributed by atoms with Gasteiger partial charge in [-0.25, -0.2) is 22.5 Å². The zero-order valence-corrected chi connectivity index (χ0v) is 26.0. The number of carbonyl (C=O) groups is 1. The molecule has 3 aromatic rings. The number of rotatable bonds is 14. The quantitative estimate of drug-likeness (QED) is 0.163. The molecule has 2 aromatic carbocycles. The Labute approximate surface area is 256 Å². The Kier molecular flexibility index (Phi) is 11.3. The average molecular weight is 615 g/mol. The van der Waals surface area contributed by atoms with Gasteiger partial charge in [0.1, 0.15) is 23.5 Å². The standard InChI is InChI=1S/C33H42F4N6O/c1-5-7-12-42(4)13-11-38-19-23-15-28(36)29(37)18-30(23)43-20-31(39-21-43)40-32(44)33(3,10-6-2)41-25-9-8-22-14-24(34)16-27(35)26(22)17-25/h14-16,18,20-21,38H,5-13,17,19H2,1-4H3,(H,40,44)/t33-/m0/s1. The third-order valence-electron chi connectivity index (χ3n) is 8.05. The highest BCUT2D eigenvalue weighted by Crippen LogP contribution is 2.28. The number of halogens is 4. The molecule has 0 saturated carbocycles. The van der Waals surface area contributed by atoms with Gasteiger partial charge in [0, 0.05) is 43.9 Å². The first-order valence-corrected chi connectivity index (χ1v) is 15.3. The van der Waals surface area contributed by atoms with E-state index in [1.54, 1.807) is 17.7 Å². The van der Waals surface area contributed by atoms with Gasteiger partial charge in [-0.1, -0.05) is 26.7 Å². The Bertz CT molecular complexity index is 1490. The summed E-state index contributed by atoms with van der Waals surface area (Å²) >= 11 is 0. The summed E-state index contributed by atoms with van der Waals surface area (Å²) in [5, 5.41) is 6.12. The molecule has 44 heavy (non-hydrogen) atoms. The summed E-state index contributed by atoms with van der Waals surface area (Å²) < 4.78 is 58.2. The third-order valence-corrected chi connectivity index (χ3v) is 8.05. The first-order valence-electron chi connectivity index (χ1n) is 15.3. The Balaban J connectivity index is 1.48. The van der Waals surface area contributed by atoms with Gasteiger partial charge in [-0.3, -0.25) is 9.79 Å². The number of nitrogens with one attached hydrogen (secondary N) is 2. The van der Waals surface area contributed by atoms with Crippen molar-refractivity contribution >= 4 is 17.4 Å². The van der Waals surface area contributed by atoms with Crippen molar-refractivity contribution in [3.63, 3.8) is 0 Å². The molecule has 0 bridgehead atoms. The van der Waals surface area contributed by atoms with Gasteiger partial charge in [-0.2, -0.15) is 0 Å². The van der Waals surface area contributed by atoms with Gasteiger partial charge in [0.2, 0.25) is 0 Å². The van der Waals surface area contributed by atoms with E-state index in [9.17, 15) is 22.4 Å². The molecule has 1 aliphatic rings. The molecule has 0 spiro atoms. The minimum atomic E-state index is -1.15. The number of anilines is 1. The molecule has 1 aliphatic carbocycles. The molecule has 0 radical (unpaired) electrons. The molecule has 11 heteroatoms. The van der Waals surface area contributed by atoms with Crippen molar-refractivity contribution in [2.45, 2.75) is 77.8 Å². The van der Waals surface area contributed by atoms with Crippen molar-refractivity contribution in [1.29, 1.82) is 0 Å². The first-order chi connectivity index (χ1) is 21.0. The lowest BCUT2D eigenvalue weighted by atomic mass is 9.88. The number of fused-ring (bicyclic) bond motifs is 1. The molecule has 238 valence electrons. The molecule has 1 atom stereocenters. The largest absolute Gasteiger partial charge is 0.311 e. The fourth-order valence-corrected chi connectivity index (χ4v) is 5.56. The Hall–Kier alpha value is -3.57. The Morgan fingerprint density at radius 3 is 2.57 bits per heavy atom. The fraction of sp³-hybridized carbons (Fsp3) is 0.485. The van der Waals surface area contributed by atoms with E-state index < -0.39 is 28.8 Å². The number of aryl methyl sites for hydroxylation is 1. The number of benzene rings is 2. The summed E-state index contributed by atoms with van der Waals surface area (Å²) in [6.07, 6.45) is 7.49. The van der Waals surface area contributed by atoms with Crippen LogP contribution >= 0.6 is 0 Å². The predicted octanol–water partition coefficient (Wildman–Crippen LogP) is 6.38. The highest BCUT2D eigenvalue weighted by Gasteiger charge is 2.34. The average Bonchev–Trinajstić information content (AvgIpc) is 3.44. The van der Waals surface area contributed by atoms with E-state index in [4.69, 9.17) is 4.99 Å². The number of aliphatic imine (C=N–C) groups is 1. The zero-order chi connectivity index (χ0) is 31.9. The van der Waals surface area contributed by atoms with Crippen LogP contribution in [0.25, 0.3) is 5.69 Å². The normalized spacial score (nSPS) is 15.4. The maximum Gasteiger partial charge on any atom is 0.253 e. The van der Waals surface area contributed by atoms with Crippen molar-refractivity contribution in [3.05, 3.63) is 76.7 Å². The molecule has 1 amide bonds. The van der Waals surface area contributed by atoms with E-state index in [0.717, 1.165) is 38.1 Å². The SMILES string of the molecule is CCCCN(C)CCNCc1cc(F)c(F)cc1-n1cnc(NC(=O)[C@](C)(CCC)N=C2CCc3cc(F)cc(F)c3C2)c1. The van der Waals surface area contributed by atoms with Crippen LogP contribution in [0.2, 0.25) is 0 Å². The Morgan fingerprint density at radius 1 is 1.05 bits per heavy atom. The summed E-state index contributed by atoms with van der Waals surface area (Å²) in [5.74, 6) is -3.29. The Morgan fingerprint density at radius 2 is 1.82 bits per heavy atom. The lowest BCUT2D eigenvalue weighted by Gasteiger charge is -2.27. The molecule has 0 unspecified atom stereocenters. The zero-order valence-electron chi connectivity index (χ0n) is 26.0. The number of amides is 1. The molecule has 0 saturated heterocycles. The minimum absolute atomic E-state index is 0.213. The van der Waals surface area contributed by atoms with Gasteiger partial charge < -0.3 is 20.1 Å². The van der Waals surface area contributed by atoms with Crippen LogP contribution in [0.15, 0.2) is 41.8 Å². The van der Waals surface area contributed by atoms with E-state index in [1.807, 2.05) is 6.92 Å². The van der Waals surface area contributed by atoms with Gasteiger partial charge in [0.25, 0.3) is 5.91 Å². The summed E-state index contributed by atoms with van der Waals surface area (Å²) in [6.45, 7) is 8.63. The number of nitrogens with zero attached hydrogens (tertiary/aromatic N) is 4. The van der Waals surface area contributed by atoms with Gasteiger partial charge in [0.15, 0.2) is 17.5 Å². The van der Waals surface area contributed by atoms with Gasteiger partial charge in [0.05, 0.1) is 11.9 Å². The van der Waals surface area contributed by atoms with E-state index >= 15 is 0 Å². The molecule has 7 nitrogen and oxygen atoms in total. The monoisotopic (exact) mass is 614 g/mol. The topological polar surface area (TPSA) is 74.6 Å². The van der Waals surface area contributed by atoms with Crippen LogP contribution in [-0.2, 0) is 24.2 Å². The van der Waals surface area contributed by atoms with Crippen molar-refractivity contribution in [3.8, 4) is 5.69 Å². The number of likely N-dealkylation sites (N-methyl/N-ethyl adjacent to an activating group) is 1. The van der Waals surface area contributed by atoms with Crippen LogP contribution in [-0.4, -0.2) is 58.3 Å². The summed E-state index contributed by atoms with van der Waals surface area (Å²) in [7, 11) is 2.05. The van der Waals surface area contributed by atoms with Crippen molar-refractivity contribution < 1.29 is 22.4 Å². The third kappa shape index (κ3) is 8.32. The number of hydrogen-bond donors (Lipinski definition) is 2. The summed E-state index contributed by atoms with van der Waals surface area (Å²) in [6, 6.07) is 4.51. The molecular weight excluding hydrogens is 572 g/mol. The molecule has 2 N–H and O–H groups in total. The maximum atomic E-state index is 14.5. The van der Waals surface area contributed by atoms with E-state index in [0.29, 0.717) is 66.9 Å². The van der Waals surface area contributed by atoms with Crippen LogP contribution in [0.4, 0.5) is 23.4 Å².